The maximum Gasteiger partial charge on any atom is 0.326 e. The van der Waals surface area contributed by atoms with Crippen molar-refractivity contribution in [2.24, 2.45) is 0 Å². The van der Waals surface area contributed by atoms with Gasteiger partial charge in [0.2, 0.25) is 0 Å². The van der Waals surface area contributed by atoms with E-state index in [1.54, 1.807) is 13.0 Å². The van der Waals surface area contributed by atoms with E-state index in [0.29, 0.717) is 5.69 Å². The molecule has 1 saturated heterocycles. The van der Waals surface area contributed by atoms with Crippen LogP contribution in [0.15, 0.2) is 16.9 Å². The first-order chi connectivity index (χ1) is 8.90. The van der Waals surface area contributed by atoms with Gasteiger partial charge >= 0.3 is 5.97 Å². The number of hydrogen-bond donors (Lipinski definition) is 3. The van der Waals surface area contributed by atoms with Crippen LogP contribution in [-0.2, 0) is 4.79 Å². The number of carbonyl (C=O) groups excluding carboxylic acids is 1. The predicted molar refractivity (Wildman–Crippen MR) is 64.9 cm³/mol. The standard InChI is InChI=1S/C12H14N2O5/c1-6-2-3-8(10(16)13-6)11(17)14-5-7(15)4-9(14)12(18)19/h2-3,7,9,15H,4-5H2,1H3,(H,13,16)(H,18,19)/t7-,9-/m0/s1. The number of aliphatic carboxylic acids is 1. The summed E-state index contributed by atoms with van der Waals surface area (Å²) in [7, 11) is 0. The van der Waals surface area contributed by atoms with E-state index in [1.165, 1.54) is 6.07 Å². The molecule has 19 heavy (non-hydrogen) atoms. The maximum absolute atomic E-state index is 12.2. The number of pyridine rings is 1. The van der Waals surface area contributed by atoms with Crippen molar-refractivity contribution in [3.05, 3.63) is 33.7 Å². The lowest BCUT2D eigenvalue weighted by Gasteiger charge is -2.20. The molecule has 1 aliphatic heterocycles. The first-order valence-electron chi connectivity index (χ1n) is 5.82. The molecule has 7 heteroatoms. The number of nitrogens with one attached hydrogen (secondary N) is 1. The van der Waals surface area contributed by atoms with Crippen LogP contribution in [0.1, 0.15) is 22.5 Å². The van der Waals surface area contributed by atoms with E-state index in [9.17, 15) is 19.5 Å². The van der Waals surface area contributed by atoms with Crippen molar-refractivity contribution < 1.29 is 19.8 Å². The molecule has 0 spiro atoms. The zero-order valence-corrected chi connectivity index (χ0v) is 10.3. The largest absolute Gasteiger partial charge is 0.480 e. The van der Waals surface area contributed by atoms with Gasteiger partial charge in [0.25, 0.3) is 11.5 Å². The molecule has 1 aromatic heterocycles. The summed E-state index contributed by atoms with van der Waals surface area (Å²) >= 11 is 0. The number of likely N-dealkylation sites (tertiary alicyclic amines) is 1. The van der Waals surface area contributed by atoms with Gasteiger partial charge in [-0.1, -0.05) is 0 Å². The zero-order chi connectivity index (χ0) is 14.2. The van der Waals surface area contributed by atoms with E-state index in [-0.39, 0.29) is 18.5 Å². The summed E-state index contributed by atoms with van der Waals surface area (Å²) in [6, 6.07) is 1.83. The lowest BCUT2D eigenvalue weighted by atomic mass is 10.2. The highest BCUT2D eigenvalue weighted by Crippen LogP contribution is 2.20. The molecule has 0 aromatic carbocycles. The number of aliphatic hydroxyl groups excluding tert-OH is 1. The zero-order valence-electron chi connectivity index (χ0n) is 10.3. The summed E-state index contributed by atoms with van der Waals surface area (Å²) < 4.78 is 0. The van der Waals surface area contributed by atoms with Gasteiger partial charge in [0.1, 0.15) is 11.6 Å². The number of aryl methyl sites for hydroxylation is 1. The maximum atomic E-state index is 12.2. The molecule has 1 aliphatic rings. The van der Waals surface area contributed by atoms with E-state index in [1.807, 2.05) is 0 Å². The van der Waals surface area contributed by atoms with Gasteiger partial charge in [-0.05, 0) is 19.1 Å². The summed E-state index contributed by atoms with van der Waals surface area (Å²) in [6.07, 6.45) is -0.903. The van der Waals surface area contributed by atoms with Crippen LogP contribution in [0, 0.1) is 6.92 Å². The molecule has 0 unspecified atom stereocenters. The fourth-order valence-electron chi connectivity index (χ4n) is 2.17. The van der Waals surface area contributed by atoms with Gasteiger partial charge in [0.15, 0.2) is 0 Å². The SMILES string of the molecule is Cc1ccc(C(=O)N2C[C@@H](O)C[C@H]2C(=O)O)c(=O)[nH]1. The van der Waals surface area contributed by atoms with Crippen LogP contribution in [0.25, 0.3) is 0 Å². The summed E-state index contributed by atoms with van der Waals surface area (Å²) in [6.45, 7) is 1.60. The van der Waals surface area contributed by atoms with Gasteiger partial charge in [-0.25, -0.2) is 4.79 Å². The number of amides is 1. The van der Waals surface area contributed by atoms with E-state index < -0.39 is 29.6 Å². The lowest BCUT2D eigenvalue weighted by molar-refractivity contribution is -0.141. The molecule has 0 bridgehead atoms. The van der Waals surface area contributed by atoms with Gasteiger partial charge < -0.3 is 20.1 Å². The van der Waals surface area contributed by atoms with E-state index in [4.69, 9.17) is 5.11 Å². The van der Waals surface area contributed by atoms with Crippen molar-refractivity contribution in [2.45, 2.75) is 25.5 Å². The Balaban J connectivity index is 2.33. The molecular formula is C12H14N2O5. The normalized spacial score (nSPS) is 22.5. The third-order valence-electron chi connectivity index (χ3n) is 3.11. The Bertz CT molecular complexity index is 580. The van der Waals surface area contributed by atoms with Crippen LogP contribution >= 0.6 is 0 Å². The van der Waals surface area contributed by atoms with Crippen LogP contribution in [0.3, 0.4) is 0 Å². The van der Waals surface area contributed by atoms with Gasteiger partial charge in [-0.3, -0.25) is 9.59 Å². The monoisotopic (exact) mass is 266 g/mol. The Morgan fingerprint density at radius 3 is 2.68 bits per heavy atom. The third-order valence-corrected chi connectivity index (χ3v) is 3.11. The summed E-state index contributed by atoms with van der Waals surface area (Å²) in [5, 5.41) is 18.5. The predicted octanol–water partition coefficient (Wildman–Crippen LogP) is -0.657. The minimum atomic E-state index is -1.19. The summed E-state index contributed by atoms with van der Waals surface area (Å²) in [4.78, 5) is 38.4. The first kappa shape index (κ1) is 13.3. The number of carbonyl (C=O) groups is 2. The molecule has 3 N–H and O–H groups in total. The second-order valence-electron chi connectivity index (χ2n) is 4.59. The fourth-order valence-corrected chi connectivity index (χ4v) is 2.17. The number of hydrogen-bond acceptors (Lipinski definition) is 4. The number of H-pyrrole nitrogens is 1. The molecule has 1 fully saturated rings. The number of aromatic nitrogens is 1. The molecule has 0 radical (unpaired) electrons. The number of nitrogens with zero attached hydrogens (tertiary/aromatic N) is 1. The molecule has 1 aromatic rings. The lowest BCUT2D eigenvalue weighted by Crippen LogP contribution is -2.42. The van der Waals surface area contributed by atoms with Crippen molar-refractivity contribution in [1.29, 1.82) is 0 Å². The van der Waals surface area contributed by atoms with E-state index in [0.717, 1.165) is 4.90 Å². The first-order valence-corrected chi connectivity index (χ1v) is 5.82. The van der Waals surface area contributed by atoms with Gasteiger partial charge in [-0.15, -0.1) is 0 Å². The Kier molecular flexibility index (Phi) is 3.39. The van der Waals surface area contributed by atoms with Gasteiger partial charge in [0, 0.05) is 18.7 Å². The molecule has 0 aliphatic carbocycles. The molecule has 2 rings (SSSR count). The van der Waals surface area contributed by atoms with Crippen LogP contribution in [0.5, 0.6) is 0 Å². The van der Waals surface area contributed by atoms with Crippen molar-refractivity contribution >= 4 is 11.9 Å². The Hall–Kier alpha value is -2.15. The molecular weight excluding hydrogens is 252 g/mol. The topological polar surface area (TPSA) is 111 Å². The highest BCUT2D eigenvalue weighted by atomic mass is 16.4. The average Bonchev–Trinajstić information content (AvgIpc) is 2.70. The average molecular weight is 266 g/mol. The fraction of sp³-hybridized carbons (Fsp3) is 0.417. The van der Waals surface area contributed by atoms with Gasteiger partial charge in [0.05, 0.1) is 6.10 Å². The smallest absolute Gasteiger partial charge is 0.326 e. The number of aromatic amines is 1. The minimum absolute atomic E-state index is 0.0230. The molecule has 0 saturated carbocycles. The Labute approximate surface area is 108 Å². The Morgan fingerprint density at radius 1 is 1.42 bits per heavy atom. The second-order valence-corrected chi connectivity index (χ2v) is 4.59. The van der Waals surface area contributed by atoms with Crippen molar-refractivity contribution in [1.82, 2.24) is 9.88 Å². The third kappa shape index (κ3) is 2.50. The highest BCUT2D eigenvalue weighted by Gasteiger charge is 2.39. The van der Waals surface area contributed by atoms with Crippen molar-refractivity contribution in [2.75, 3.05) is 6.54 Å². The van der Waals surface area contributed by atoms with Gasteiger partial charge in [-0.2, -0.15) is 0 Å². The minimum Gasteiger partial charge on any atom is -0.480 e. The van der Waals surface area contributed by atoms with Crippen LogP contribution in [0.2, 0.25) is 0 Å². The Morgan fingerprint density at radius 2 is 2.11 bits per heavy atom. The van der Waals surface area contributed by atoms with Crippen LogP contribution < -0.4 is 5.56 Å². The highest BCUT2D eigenvalue weighted by molar-refractivity contribution is 5.96. The number of aliphatic hydroxyl groups is 1. The van der Waals surface area contributed by atoms with Crippen molar-refractivity contribution in [3.8, 4) is 0 Å². The number of carboxylic acids is 1. The van der Waals surface area contributed by atoms with Crippen molar-refractivity contribution in [3.63, 3.8) is 0 Å². The summed E-state index contributed by atoms with van der Waals surface area (Å²) in [5.74, 6) is -1.86. The van der Waals surface area contributed by atoms with E-state index >= 15 is 0 Å². The number of rotatable bonds is 2. The molecule has 2 atom stereocenters. The number of β-amino-alcohol motifs (C(OH)–C–C–N with tert-alkyl or cyclic N) is 1. The quantitative estimate of drug-likeness (QED) is 0.658. The molecule has 7 nitrogen and oxygen atoms in total. The number of carboxylic acid groups (broad SMARTS) is 1. The summed E-state index contributed by atoms with van der Waals surface area (Å²) in [5.41, 5.74) is -0.0701. The second kappa shape index (κ2) is 4.85. The van der Waals surface area contributed by atoms with Crippen LogP contribution in [-0.4, -0.2) is 50.7 Å². The van der Waals surface area contributed by atoms with E-state index in [2.05, 4.69) is 4.98 Å². The molecule has 2 heterocycles. The molecule has 102 valence electrons. The van der Waals surface area contributed by atoms with Crippen LogP contribution in [0.4, 0.5) is 0 Å². The molecule has 1 amide bonds.